The molecule has 1 saturated heterocycles. The molecule has 7 unspecified atom stereocenters. The second-order valence-electron chi connectivity index (χ2n) is 16.9. The van der Waals surface area contributed by atoms with Crippen LogP contribution in [0.4, 0.5) is 13.2 Å². The number of benzene rings is 2. The number of rotatable bonds is 6. The molecule has 4 nitrogen and oxygen atoms in total. The molecule has 4 fully saturated rings. The number of hydrogen-bond acceptors (Lipinski definition) is 5. The molecule has 2 aromatic rings. The fourth-order valence-corrected chi connectivity index (χ4v) is 11.1. The van der Waals surface area contributed by atoms with E-state index >= 15 is 13.2 Å². The summed E-state index contributed by atoms with van der Waals surface area (Å²) in [6, 6.07) is 18.7. The molecule has 0 bridgehead atoms. The van der Waals surface area contributed by atoms with Crippen molar-refractivity contribution in [3.05, 3.63) is 76.9 Å². The van der Waals surface area contributed by atoms with Crippen LogP contribution < -0.4 is 0 Å². The van der Waals surface area contributed by atoms with E-state index in [1.54, 1.807) is 11.8 Å². The zero-order chi connectivity index (χ0) is 34.4. The number of halogens is 3. The number of fused-ring (bicyclic) bond motifs is 4. The topological polar surface area (TPSA) is 58.9 Å². The fraction of sp³-hybridized carbons (Fsp3) is 0.650. The van der Waals surface area contributed by atoms with E-state index in [0.717, 1.165) is 28.7 Å². The van der Waals surface area contributed by atoms with Gasteiger partial charge < -0.3 is 19.7 Å². The molecule has 0 radical (unpaired) electrons. The highest BCUT2D eigenvalue weighted by Gasteiger charge is 2.74. The Labute approximate surface area is 287 Å². The first-order valence-electron chi connectivity index (χ1n) is 17.7. The first-order chi connectivity index (χ1) is 22.4. The molecule has 2 aromatic carbocycles. The first-order valence-corrected chi connectivity index (χ1v) is 18.7. The minimum absolute atomic E-state index is 0.0175. The molecule has 3 saturated carbocycles. The van der Waals surface area contributed by atoms with Gasteiger partial charge in [-0.3, -0.25) is 0 Å². The van der Waals surface area contributed by atoms with Crippen molar-refractivity contribution in [3.63, 3.8) is 0 Å². The Balaban J connectivity index is 1.27. The zero-order valence-corrected chi connectivity index (χ0v) is 29.8. The molecule has 0 aromatic heterocycles. The van der Waals surface area contributed by atoms with E-state index in [4.69, 9.17) is 9.47 Å². The van der Waals surface area contributed by atoms with E-state index in [2.05, 4.69) is 50.2 Å². The maximum absolute atomic E-state index is 16.4. The van der Waals surface area contributed by atoms with Gasteiger partial charge in [0, 0.05) is 47.2 Å². The van der Waals surface area contributed by atoms with Crippen LogP contribution in [0.2, 0.25) is 0 Å². The van der Waals surface area contributed by atoms with E-state index in [0.29, 0.717) is 65.1 Å². The molecule has 48 heavy (non-hydrogen) atoms. The summed E-state index contributed by atoms with van der Waals surface area (Å²) in [6.45, 7) is 8.71. The summed E-state index contributed by atoms with van der Waals surface area (Å²) in [6.07, 6.45) is 3.53. The molecular weight excluding hydrogens is 633 g/mol. The van der Waals surface area contributed by atoms with Gasteiger partial charge in [-0.25, -0.2) is 13.2 Å². The Morgan fingerprint density at radius 1 is 0.875 bits per heavy atom. The lowest BCUT2D eigenvalue weighted by Gasteiger charge is -2.60. The Hall–Kier alpha value is -1.84. The molecule has 4 aliphatic carbocycles. The fourth-order valence-electron chi connectivity index (χ4n) is 10.2. The first kappa shape index (κ1) is 34.6. The molecule has 8 heteroatoms. The number of allylic oxidation sites excluding steroid dienone is 1. The smallest absolute Gasteiger partial charge is 0.281 e. The molecule has 2 N–H and O–H groups in total. The molecule has 0 amide bonds. The van der Waals surface area contributed by atoms with Crippen LogP contribution in [0.15, 0.2) is 70.6 Å². The number of alkyl halides is 3. The van der Waals surface area contributed by atoms with E-state index in [-0.39, 0.29) is 29.6 Å². The molecule has 1 aliphatic heterocycles. The summed E-state index contributed by atoms with van der Waals surface area (Å²) < 4.78 is 59.2. The molecular formula is C40H51F3O4S. The number of hydrogen-bond donors (Lipinski definition) is 2. The summed E-state index contributed by atoms with van der Waals surface area (Å²) in [4.78, 5) is 1.12. The van der Waals surface area contributed by atoms with Crippen LogP contribution in [-0.4, -0.2) is 52.0 Å². The summed E-state index contributed by atoms with van der Waals surface area (Å²) >= 11 is 1.75. The van der Waals surface area contributed by atoms with Crippen LogP contribution in [0, 0.1) is 22.7 Å². The lowest BCUT2D eigenvalue weighted by Crippen LogP contribution is -2.66. The SMILES string of the molecule is CC1(C)COC2(CCC3=C4C(c5ccc(SCc6ccccc6)cc5)CC5(C)C(CCC5(O)C(C)(F)C(C)(F)F)C4CCC3(O)C2)OC1. The van der Waals surface area contributed by atoms with Crippen molar-refractivity contribution in [2.24, 2.45) is 22.7 Å². The highest BCUT2D eigenvalue weighted by Crippen LogP contribution is 2.71. The van der Waals surface area contributed by atoms with Gasteiger partial charge in [-0.1, -0.05) is 68.8 Å². The van der Waals surface area contributed by atoms with Gasteiger partial charge in [0.15, 0.2) is 11.5 Å². The Bertz CT molecular complexity index is 1540. The van der Waals surface area contributed by atoms with Crippen molar-refractivity contribution < 1.29 is 32.9 Å². The molecule has 7 rings (SSSR count). The summed E-state index contributed by atoms with van der Waals surface area (Å²) in [5.41, 5.74) is -3.15. The minimum atomic E-state index is -3.72. The van der Waals surface area contributed by atoms with Crippen LogP contribution in [0.5, 0.6) is 0 Å². The van der Waals surface area contributed by atoms with Crippen molar-refractivity contribution in [3.8, 4) is 0 Å². The van der Waals surface area contributed by atoms with Gasteiger partial charge >= 0.3 is 0 Å². The van der Waals surface area contributed by atoms with Crippen LogP contribution in [-0.2, 0) is 15.2 Å². The van der Waals surface area contributed by atoms with E-state index < -0.39 is 34.0 Å². The van der Waals surface area contributed by atoms with Crippen molar-refractivity contribution in [2.75, 3.05) is 13.2 Å². The number of aliphatic hydroxyl groups is 2. The average Bonchev–Trinajstić information content (AvgIpc) is 3.32. The van der Waals surface area contributed by atoms with Crippen LogP contribution in [0.3, 0.4) is 0 Å². The van der Waals surface area contributed by atoms with Crippen molar-refractivity contribution in [1.29, 1.82) is 0 Å². The van der Waals surface area contributed by atoms with Crippen LogP contribution in [0.1, 0.15) is 103 Å². The van der Waals surface area contributed by atoms with Gasteiger partial charge in [-0.2, -0.15) is 0 Å². The molecule has 262 valence electrons. The molecule has 1 spiro atoms. The molecule has 7 atom stereocenters. The van der Waals surface area contributed by atoms with Gasteiger partial charge in [-0.15, -0.1) is 11.8 Å². The third-order valence-electron chi connectivity index (χ3n) is 13.1. The Kier molecular flexibility index (Phi) is 8.36. The highest BCUT2D eigenvalue weighted by molar-refractivity contribution is 7.98. The maximum Gasteiger partial charge on any atom is 0.281 e. The maximum atomic E-state index is 16.4. The lowest BCUT2D eigenvalue weighted by atomic mass is 9.48. The second kappa shape index (κ2) is 11.6. The van der Waals surface area contributed by atoms with E-state index in [1.807, 2.05) is 25.1 Å². The minimum Gasteiger partial charge on any atom is -0.386 e. The Morgan fingerprint density at radius 2 is 1.54 bits per heavy atom. The number of ether oxygens (including phenoxy) is 2. The van der Waals surface area contributed by atoms with Gasteiger partial charge in [0.1, 0.15) is 5.60 Å². The predicted molar refractivity (Wildman–Crippen MR) is 183 cm³/mol. The van der Waals surface area contributed by atoms with Gasteiger partial charge in [0.25, 0.3) is 5.92 Å². The predicted octanol–water partition coefficient (Wildman–Crippen LogP) is 9.39. The third kappa shape index (κ3) is 5.42. The van der Waals surface area contributed by atoms with Crippen molar-refractivity contribution in [2.45, 2.75) is 131 Å². The zero-order valence-electron chi connectivity index (χ0n) is 29.0. The van der Waals surface area contributed by atoms with Crippen molar-refractivity contribution >= 4 is 11.8 Å². The van der Waals surface area contributed by atoms with Crippen LogP contribution in [0.25, 0.3) is 0 Å². The molecule has 1 heterocycles. The monoisotopic (exact) mass is 684 g/mol. The van der Waals surface area contributed by atoms with Gasteiger partial charge in [0.2, 0.25) is 0 Å². The quantitative estimate of drug-likeness (QED) is 0.235. The van der Waals surface area contributed by atoms with Gasteiger partial charge in [0.05, 0.1) is 18.8 Å². The van der Waals surface area contributed by atoms with Crippen LogP contribution >= 0.6 is 11.8 Å². The summed E-state index contributed by atoms with van der Waals surface area (Å²) in [5.74, 6) is -4.18. The second-order valence-corrected chi connectivity index (χ2v) is 17.9. The Morgan fingerprint density at radius 3 is 2.19 bits per heavy atom. The van der Waals surface area contributed by atoms with Crippen molar-refractivity contribution in [1.82, 2.24) is 0 Å². The average molecular weight is 685 g/mol. The highest BCUT2D eigenvalue weighted by atomic mass is 32.2. The largest absolute Gasteiger partial charge is 0.386 e. The van der Waals surface area contributed by atoms with E-state index in [9.17, 15) is 10.2 Å². The van der Waals surface area contributed by atoms with E-state index in [1.165, 1.54) is 11.1 Å². The number of thioether (sulfide) groups is 1. The normalized spacial score (nSPS) is 37.0. The van der Waals surface area contributed by atoms with Gasteiger partial charge in [-0.05, 0) is 86.1 Å². The molecule has 5 aliphatic rings. The summed E-state index contributed by atoms with van der Waals surface area (Å²) in [7, 11) is 0. The lowest BCUT2D eigenvalue weighted by molar-refractivity contribution is -0.322. The summed E-state index contributed by atoms with van der Waals surface area (Å²) in [5, 5.41) is 24.7. The third-order valence-corrected chi connectivity index (χ3v) is 14.2. The standard InChI is InChI=1S/C40H51F3O4S/c1-34(2)24-46-39(47-25-34)19-16-32-33-29(15-18-38(32,44)23-39)31-17-20-40(45,36(4,41)37(5,42)43)35(31,3)21-30(33)27-11-13-28(14-12-27)48-22-26-9-7-6-8-10-26/h6-14,29-31,44-45H,15-25H2,1-5H3.